The fourth-order valence-electron chi connectivity index (χ4n) is 0.832. The predicted molar refractivity (Wildman–Crippen MR) is 45.4 cm³/mol. The molecule has 0 aromatic carbocycles. The van der Waals surface area contributed by atoms with Crippen molar-refractivity contribution in [2.24, 2.45) is 0 Å². The highest BCUT2D eigenvalue weighted by atomic mass is 16.5. The van der Waals surface area contributed by atoms with Crippen LogP contribution in [0.3, 0.4) is 0 Å². The normalized spacial score (nSPS) is 9.67. The molecule has 1 rings (SSSR count). The second kappa shape index (κ2) is 4.14. The molecule has 0 aliphatic rings. The number of rotatable bonds is 2. The van der Waals surface area contributed by atoms with Crippen LogP contribution in [-0.2, 0) is 0 Å². The Hall–Kier alpha value is -1.82. The standard InChI is InChI=1S/C9H8N2O/c1-12-9-4-6-11-7-8(9)3-2-5-10/h2-4,6-7H,1H3. The zero-order chi connectivity index (χ0) is 8.81. The lowest BCUT2D eigenvalue weighted by molar-refractivity contribution is 0.413. The number of allylic oxidation sites excluding steroid dienone is 1. The summed E-state index contributed by atoms with van der Waals surface area (Å²) in [6.45, 7) is 0. The maximum Gasteiger partial charge on any atom is 0.129 e. The summed E-state index contributed by atoms with van der Waals surface area (Å²) in [6.07, 6.45) is 6.33. The zero-order valence-electron chi connectivity index (χ0n) is 6.69. The fourth-order valence-corrected chi connectivity index (χ4v) is 0.832. The number of nitriles is 1. The Morgan fingerprint density at radius 1 is 1.67 bits per heavy atom. The van der Waals surface area contributed by atoms with Gasteiger partial charge in [0.25, 0.3) is 0 Å². The van der Waals surface area contributed by atoms with Gasteiger partial charge >= 0.3 is 0 Å². The molecule has 1 aromatic rings. The van der Waals surface area contributed by atoms with Crippen molar-refractivity contribution in [3.8, 4) is 11.8 Å². The SMILES string of the molecule is COc1ccncc1C=CC#N. The van der Waals surface area contributed by atoms with E-state index in [1.807, 2.05) is 6.07 Å². The van der Waals surface area contributed by atoms with Crippen molar-refractivity contribution in [3.05, 3.63) is 30.1 Å². The summed E-state index contributed by atoms with van der Waals surface area (Å²) in [5.74, 6) is 0.719. The topological polar surface area (TPSA) is 45.9 Å². The first-order chi connectivity index (χ1) is 5.88. The Balaban J connectivity index is 2.99. The third kappa shape index (κ3) is 1.83. The Kier molecular flexibility index (Phi) is 2.86. The summed E-state index contributed by atoms with van der Waals surface area (Å²) in [6, 6.07) is 3.65. The van der Waals surface area contributed by atoms with Crippen LogP contribution >= 0.6 is 0 Å². The largest absolute Gasteiger partial charge is 0.496 e. The second-order valence-electron chi connectivity index (χ2n) is 2.08. The number of hydrogen-bond acceptors (Lipinski definition) is 3. The smallest absolute Gasteiger partial charge is 0.129 e. The van der Waals surface area contributed by atoms with E-state index in [2.05, 4.69) is 4.98 Å². The van der Waals surface area contributed by atoms with Gasteiger partial charge in [-0.15, -0.1) is 0 Å². The van der Waals surface area contributed by atoms with Crippen molar-refractivity contribution in [2.45, 2.75) is 0 Å². The number of aromatic nitrogens is 1. The van der Waals surface area contributed by atoms with E-state index >= 15 is 0 Å². The molecule has 0 aliphatic carbocycles. The second-order valence-corrected chi connectivity index (χ2v) is 2.08. The molecule has 0 atom stereocenters. The molecule has 3 heteroatoms. The molecule has 0 N–H and O–H groups in total. The van der Waals surface area contributed by atoms with Crippen molar-refractivity contribution in [1.29, 1.82) is 5.26 Å². The third-order valence-electron chi connectivity index (χ3n) is 1.37. The Bertz CT molecular complexity index is 326. The molecule has 0 saturated carbocycles. The number of pyridine rings is 1. The number of nitrogens with zero attached hydrogens (tertiary/aromatic N) is 2. The quantitative estimate of drug-likeness (QED) is 0.617. The number of methoxy groups -OCH3 is 1. The van der Waals surface area contributed by atoms with Gasteiger partial charge in [-0.05, 0) is 12.1 Å². The third-order valence-corrected chi connectivity index (χ3v) is 1.37. The summed E-state index contributed by atoms with van der Waals surface area (Å²) < 4.78 is 5.04. The van der Waals surface area contributed by atoms with Crippen LogP contribution in [0.15, 0.2) is 24.5 Å². The average Bonchev–Trinajstić information content (AvgIpc) is 2.15. The van der Waals surface area contributed by atoms with E-state index in [1.54, 1.807) is 31.6 Å². The minimum absolute atomic E-state index is 0.719. The molecule has 0 spiro atoms. The summed E-state index contributed by atoms with van der Waals surface area (Å²) in [7, 11) is 1.58. The van der Waals surface area contributed by atoms with Gasteiger partial charge in [-0.3, -0.25) is 4.98 Å². The summed E-state index contributed by atoms with van der Waals surface area (Å²) in [4.78, 5) is 3.91. The highest BCUT2D eigenvalue weighted by Gasteiger charge is 1.95. The monoisotopic (exact) mass is 160 g/mol. The lowest BCUT2D eigenvalue weighted by Gasteiger charge is -2.01. The summed E-state index contributed by atoms with van der Waals surface area (Å²) in [5.41, 5.74) is 0.807. The first kappa shape index (κ1) is 8.28. The highest BCUT2D eigenvalue weighted by molar-refractivity contribution is 5.57. The Labute approximate surface area is 70.9 Å². The Morgan fingerprint density at radius 3 is 3.17 bits per heavy atom. The maximum atomic E-state index is 8.29. The lowest BCUT2D eigenvalue weighted by atomic mass is 10.2. The van der Waals surface area contributed by atoms with Gasteiger partial charge in [-0.25, -0.2) is 0 Å². The number of hydrogen-bond donors (Lipinski definition) is 0. The van der Waals surface area contributed by atoms with Gasteiger partial charge in [-0.2, -0.15) is 5.26 Å². The van der Waals surface area contributed by atoms with Crippen molar-refractivity contribution in [1.82, 2.24) is 4.98 Å². The molecule has 12 heavy (non-hydrogen) atoms. The van der Waals surface area contributed by atoms with Gasteiger partial charge in [0.05, 0.1) is 13.2 Å². The van der Waals surface area contributed by atoms with Crippen molar-refractivity contribution in [3.63, 3.8) is 0 Å². The number of ether oxygens (including phenoxy) is 1. The van der Waals surface area contributed by atoms with Crippen LogP contribution in [-0.4, -0.2) is 12.1 Å². The molecule has 60 valence electrons. The maximum absolute atomic E-state index is 8.29. The minimum atomic E-state index is 0.719. The van der Waals surface area contributed by atoms with Crippen LogP contribution in [0.4, 0.5) is 0 Å². The van der Waals surface area contributed by atoms with Gasteiger partial charge in [0, 0.05) is 24.0 Å². The van der Waals surface area contributed by atoms with Crippen molar-refractivity contribution < 1.29 is 4.74 Å². The first-order valence-corrected chi connectivity index (χ1v) is 3.42. The molecular formula is C9H8N2O. The molecule has 0 fully saturated rings. The Morgan fingerprint density at radius 2 is 2.50 bits per heavy atom. The molecule has 1 aromatic heterocycles. The van der Waals surface area contributed by atoms with E-state index in [4.69, 9.17) is 10.00 Å². The van der Waals surface area contributed by atoms with Crippen LogP contribution in [0.25, 0.3) is 6.08 Å². The highest BCUT2D eigenvalue weighted by Crippen LogP contribution is 2.16. The molecule has 0 unspecified atom stereocenters. The van der Waals surface area contributed by atoms with E-state index in [9.17, 15) is 0 Å². The molecule has 0 bridgehead atoms. The van der Waals surface area contributed by atoms with Gasteiger partial charge in [0.15, 0.2) is 0 Å². The van der Waals surface area contributed by atoms with E-state index in [0.717, 1.165) is 11.3 Å². The van der Waals surface area contributed by atoms with Crippen molar-refractivity contribution in [2.75, 3.05) is 7.11 Å². The molecule has 3 nitrogen and oxygen atoms in total. The van der Waals surface area contributed by atoms with Gasteiger partial charge in [0.1, 0.15) is 5.75 Å². The first-order valence-electron chi connectivity index (χ1n) is 3.42. The van der Waals surface area contributed by atoms with Crippen LogP contribution in [0, 0.1) is 11.3 Å². The molecular weight excluding hydrogens is 152 g/mol. The molecule has 0 saturated heterocycles. The van der Waals surface area contributed by atoms with Gasteiger partial charge in [0.2, 0.25) is 0 Å². The molecule has 0 amide bonds. The average molecular weight is 160 g/mol. The lowest BCUT2D eigenvalue weighted by Crippen LogP contribution is -1.86. The van der Waals surface area contributed by atoms with Crippen LogP contribution < -0.4 is 4.74 Å². The van der Waals surface area contributed by atoms with Gasteiger partial charge < -0.3 is 4.74 Å². The predicted octanol–water partition coefficient (Wildman–Crippen LogP) is 1.63. The summed E-state index contributed by atoms with van der Waals surface area (Å²) in [5, 5.41) is 8.29. The van der Waals surface area contributed by atoms with Crippen molar-refractivity contribution >= 4 is 6.08 Å². The van der Waals surface area contributed by atoms with Gasteiger partial charge in [-0.1, -0.05) is 0 Å². The minimum Gasteiger partial charge on any atom is -0.496 e. The molecule has 1 heterocycles. The van der Waals surface area contributed by atoms with Crippen LogP contribution in [0.1, 0.15) is 5.56 Å². The van der Waals surface area contributed by atoms with Crippen LogP contribution in [0.2, 0.25) is 0 Å². The van der Waals surface area contributed by atoms with E-state index < -0.39 is 0 Å². The zero-order valence-corrected chi connectivity index (χ0v) is 6.69. The van der Waals surface area contributed by atoms with E-state index in [1.165, 1.54) is 6.08 Å². The molecule has 0 aliphatic heterocycles. The fraction of sp³-hybridized carbons (Fsp3) is 0.111. The molecule has 0 radical (unpaired) electrons. The van der Waals surface area contributed by atoms with E-state index in [-0.39, 0.29) is 0 Å². The van der Waals surface area contributed by atoms with E-state index in [0.29, 0.717) is 0 Å². The van der Waals surface area contributed by atoms with Crippen LogP contribution in [0.5, 0.6) is 5.75 Å². The summed E-state index contributed by atoms with van der Waals surface area (Å²) >= 11 is 0.